The summed E-state index contributed by atoms with van der Waals surface area (Å²) >= 11 is 1.66. The minimum absolute atomic E-state index is 0.680. The number of nitrogens with one attached hydrogen (secondary N) is 1. The molecular weight excluding hydrogens is 272 g/mol. The third kappa shape index (κ3) is 2.88. The summed E-state index contributed by atoms with van der Waals surface area (Å²) in [6.07, 6.45) is 0.773. The fourth-order valence-electron chi connectivity index (χ4n) is 1.99. The van der Waals surface area contributed by atoms with E-state index >= 15 is 0 Å². The van der Waals surface area contributed by atoms with Gasteiger partial charge in [-0.1, -0.05) is 6.92 Å². The number of nitrogens with two attached hydrogens (primary N) is 1. The number of hydrogen-bond donors (Lipinski definition) is 2. The SMILES string of the molecule is CCc1nc(NN)c(C)c(N(C)Cc2scnc2C)n1. The normalized spacial score (nSPS) is 10.7. The molecule has 0 radical (unpaired) electrons. The van der Waals surface area contributed by atoms with E-state index in [4.69, 9.17) is 5.84 Å². The minimum atomic E-state index is 0.680. The van der Waals surface area contributed by atoms with Crippen molar-refractivity contribution < 1.29 is 0 Å². The molecule has 20 heavy (non-hydrogen) atoms. The Morgan fingerprint density at radius 2 is 2.10 bits per heavy atom. The molecule has 0 aliphatic heterocycles. The standard InChI is InChI=1S/C13H20N6S/c1-5-11-16-12(18-14)8(2)13(17-11)19(4)6-10-9(3)15-7-20-10/h7H,5-6,14H2,1-4H3,(H,16,17,18). The maximum absolute atomic E-state index is 5.54. The first-order valence-electron chi connectivity index (χ1n) is 6.51. The van der Waals surface area contributed by atoms with E-state index in [2.05, 4.69) is 25.3 Å². The summed E-state index contributed by atoms with van der Waals surface area (Å²) in [5, 5.41) is 0. The maximum atomic E-state index is 5.54. The summed E-state index contributed by atoms with van der Waals surface area (Å²) in [5.74, 6) is 7.90. The van der Waals surface area contributed by atoms with Gasteiger partial charge in [0, 0.05) is 23.9 Å². The predicted molar refractivity (Wildman–Crippen MR) is 82.9 cm³/mol. The zero-order valence-electron chi connectivity index (χ0n) is 12.3. The van der Waals surface area contributed by atoms with Crippen LogP contribution in [0.5, 0.6) is 0 Å². The molecule has 3 N–H and O–H groups in total. The highest BCUT2D eigenvalue weighted by Gasteiger charge is 2.15. The van der Waals surface area contributed by atoms with Gasteiger partial charge in [-0.2, -0.15) is 0 Å². The second-order valence-electron chi connectivity index (χ2n) is 4.65. The fourth-order valence-corrected chi connectivity index (χ4v) is 2.82. The lowest BCUT2D eigenvalue weighted by atomic mass is 10.2. The highest BCUT2D eigenvalue weighted by molar-refractivity contribution is 7.09. The number of hydrazine groups is 1. The van der Waals surface area contributed by atoms with Crippen LogP contribution in [0.4, 0.5) is 11.6 Å². The number of nitrogen functional groups attached to an aromatic ring is 1. The monoisotopic (exact) mass is 292 g/mol. The van der Waals surface area contributed by atoms with Crippen molar-refractivity contribution in [1.29, 1.82) is 0 Å². The highest BCUT2D eigenvalue weighted by atomic mass is 32.1. The molecule has 2 heterocycles. The summed E-state index contributed by atoms with van der Waals surface area (Å²) in [6, 6.07) is 0. The van der Waals surface area contributed by atoms with Crippen LogP contribution in [0.2, 0.25) is 0 Å². The van der Waals surface area contributed by atoms with Crippen LogP contribution in [-0.4, -0.2) is 22.0 Å². The molecule has 0 saturated heterocycles. The fraction of sp³-hybridized carbons (Fsp3) is 0.462. The zero-order chi connectivity index (χ0) is 14.7. The molecule has 7 heteroatoms. The van der Waals surface area contributed by atoms with Crippen LogP contribution in [0, 0.1) is 13.8 Å². The quantitative estimate of drug-likeness (QED) is 0.648. The Morgan fingerprint density at radius 3 is 2.65 bits per heavy atom. The van der Waals surface area contributed by atoms with Gasteiger partial charge >= 0.3 is 0 Å². The second-order valence-corrected chi connectivity index (χ2v) is 5.59. The lowest BCUT2D eigenvalue weighted by molar-refractivity contribution is 0.851. The molecule has 0 saturated carbocycles. The second kappa shape index (κ2) is 6.15. The number of hydrogen-bond acceptors (Lipinski definition) is 7. The Hall–Kier alpha value is -1.73. The Bertz CT molecular complexity index is 595. The topological polar surface area (TPSA) is 80.0 Å². The molecule has 108 valence electrons. The van der Waals surface area contributed by atoms with Crippen molar-refractivity contribution in [2.24, 2.45) is 5.84 Å². The van der Waals surface area contributed by atoms with Crippen LogP contribution >= 0.6 is 11.3 Å². The molecule has 0 atom stereocenters. The van der Waals surface area contributed by atoms with Crippen LogP contribution in [-0.2, 0) is 13.0 Å². The summed E-state index contributed by atoms with van der Waals surface area (Å²) in [6.45, 7) is 6.81. The number of nitrogens with zero attached hydrogens (tertiary/aromatic N) is 4. The van der Waals surface area contributed by atoms with E-state index in [0.29, 0.717) is 5.82 Å². The molecule has 0 bridgehead atoms. The number of rotatable bonds is 5. The van der Waals surface area contributed by atoms with Crippen molar-refractivity contribution >= 4 is 23.0 Å². The largest absolute Gasteiger partial charge is 0.354 e. The first kappa shape index (κ1) is 14.7. The van der Waals surface area contributed by atoms with Crippen LogP contribution in [0.15, 0.2) is 5.51 Å². The molecule has 0 aliphatic rings. The Balaban J connectivity index is 2.33. The average Bonchev–Trinajstić information content (AvgIpc) is 2.84. The lowest BCUT2D eigenvalue weighted by Crippen LogP contribution is -2.22. The Kier molecular flexibility index (Phi) is 4.51. The third-order valence-electron chi connectivity index (χ3n) is 3.21. The van der Waals surface area contributed by atoms with E-state index in [-0.39, 0.29) is 0 Å². The van der Waals surface area contributed by atoms with Crippen molar-refractivity contribution in [3.05, 3.63) is 27.5 Å². The molecule has 0 spiro atoms. The molecule has 0 fully saturated rings. The first-order valence-corrected chi connectivity index (χ1v) is 7.39. The average molecular weight is 292 g/mol. The molecule has 0 aromatic carbocycles. The lowest BCUT2D eigenvalue weighted by Gasteiger charge is -2.21. The predicted octanol–water partition coefficient (Wildman–Crippen LogP) is 2.03. The van der Waals surface area contributed by atoms with Gasteiger partial charge < -0.3 is 10.3 Å². The number of thiazole rings is 1. The van der Waals surface area contributed by atoms with Gasteiger partial charge in [0.05, 0.1) is 17.7 Å². The summed E-state index contributed by atoms with van der Waals surface area (Å²) in [7, 11) is 2.02. The van der Waals surface area contributed by atoms with Crippen LogP contribution in [0.3, 0.4) is 0 Å². The van der Waals surface area contributed by atoms with Gasteiger partial charge in [0.1, 0.15) is 17.5 Å². The van der Waals surface area contributed by atoms with E-state index in [0.717, 1.165) is 35.9 Å². The molecule has 0 unspecified atom stereocenters. The van der Waals surface area contributed by atoms with E-state index in [1.54, 1.807) is 11.3 Å². The highest BCUT2D eigenvalue weighted by Crippen LogP contribution is 2.25. The van der Waals surface area contributed by atoms with Gasteiger partial charge in [-0.05, 0) is 13.8 Å². The van der Waals surface area contributed by atoms with Crippen LogP contribution in [0.1, 0.15) is 28.9 Å². The van der Waals surface area contributed by atoms with Gasteiger partial charge in [0.2, 0.25) is 0 Å². The number of anilines is 2. The van der Waals surface area contributed by atoms with E-state index in [9.17, 15) is 0 Å². The molecule has 0 amide bonds. The molecule has 2 rings (SSSR count). The van der Waals surface area contributed by atoms with E-state index in [1.807, 2.05) is 33.3 Å². The Labute approximate surface area is 123 Å². The van der Waals surface area contributed by atoms with Crippen LogP contribution < -0.4 is 16.2 Å². The molecular formula is C13H20N6S. The third-order valence-corrected chi connectivity index (χ3v) is 4.13. The molecule has 2 aromatic rings. The number of aromatic nitrogens is 3. The van der Waals surface area contributed by atoms with Gasteiger partial charge in [-0.25, -0.2) is 20.8 Å². The molecule has 0 aliphatic carbocycles. The van der Waals surface area contributed by atoms with Crippen molar-refractivity contribution in [2.45, 2.75) is 33.7 Å². The van der Waals surface area contributed by atoms with Crippen molar-refractivity contribution in [1.82, 2.24) is 15.0 Å². The van der Waals surface area contributed by atoms with E-state index in [1.165, 1.54) is 4.88 Å². The van der Waals surface area contributed by atoms with Gasteiger partial charge in [0.15, 0.2) is 0 Å². The number of aryl methyl sites for hydroxylation is 2. The summed E-state index contributed by atoms with van der Waals surface area (Å²) < 4.78 is 0. The van der Waals surface area contributed by atoms with Crippen molar-refractivity contribution in [3.63, 3.8) is 0 Å². The molecule has 2 aromatic heterocycles. The van der Waals surface area contributed by atoms with E-state index < -0.39 is 0 Å². The minimum Gasteiger partial charge on any atom is -0.354 e. The van der Waals surface area contributed by atoms with Crippen LogP contribution in [0.25, 0.3) is 0 Å². The van der Waals surface area contributed by atoms with Gasteiger partial charge in [-0.15, -0.1) is 11.3 Å². The molecule has 6 nitrogen and oxygen atoms in total. The first-order chi connectivity index (χ1) is 9.56. The van der Waals surface area contributed by atoms with Gasteiger partial charge in [-0.3, -0.25) is 0 Å². The maximum Gasteiger partial charge on any atom is 0.148 e. The van der Waals surface area contributed by atoms with Gasteiger partial charge in [0.25, 0.3) is 0 Å². The summed E-state index contributed by atoms with van der Waals surface area (Å²) in [4.78, 5) is 16.6. The smallest absolute Gasteiger partial charge is 0.148 e. The van der Waals surface area contributed by atoms with Crippen molar-refractivity contribution in [2.75, 3.05) is 17.4 Å². The van der Waals surface area contributed by atoms with Crippen molar-refractivity contribution in [3.8, 4) is 0 Å². The summed E-state index contributed by atoms with van der Waals surface area (Å²) in [5.41, 5.74) is 6.54. The zero-order valence-corrected chi connectivity index (χ0v) is 13.1. The Morgan fingerprint density at radius 1 is 1.35 bits per heavy atom.